The number of rotatable bonds is 6. The topological polar surface area (TPSA) is 78.1 Å². The van der Waals surface area contributed by atoms with E-state index in [4.69, 9.17) is 0 Å². The van der Waals surface area contributed by atoms with E-state index in [1.165, 1.54) is 11.1 Å². The minimum absolute atomic E-state index is 0.141. The Hall–Kier alpha value is -2.15. The molecule has 1 aromatic heterocycles. The van der Waals surface area contributed by atoms with Crippen LogP contribution in [0.1, 0.15) is 59.9 Å². The smallest absolute Gasteiger partial charge is 0.272 e. The second-order valence-corrected chi connectivity index (χ2v) is 7.94. The zero-order valence-electron chi connectivity index (χ0n) is 15.7. The van der Waals surface area contributed by atoms with Crippen molar-refractivity contribution in [2.75, 3.05) is 13.1 Å². The molecule has 2 amide bonds. The van der Waals surface area contributed by atoms with Crippen molar-refractivity contribution in [2.24, 2.45) is 0 Å². The molecule has 6 nitrogen and oxygen atoms in total. The van der Waals surface area contributed by atoms with Crippen LogP contribution in [0.5, 0.6) is 0 Å². The Morgan fingerprint density at radius 3 is 2.74 bits per heavy atom. The number of halogens is 1. The highest BCUT2D eigenvalue weighted by Gasteiger charge is 2.21. The van der Waals surface area contributed by atoms with Crippen molar-refractivity contribution in [3.63, 3.8) is 0 Å². The Bertz CT molecular complexity index is 831. The highest BCUT2D eigenvalue weighted by atomic mass is 79.9. The van der Waals surface area contributed by atoms with Gasteiger partial charge in [-0.2, -0.15) is 5.10 Å². The lowest BCUT2D eigenvalue weighted by Crippen LogP contribution is -2.36. The molecule has 0 atom stereocenters. The average molecular weight is 433 g/mol. The van der Waals surface area contributed by atoms with Crippen molar-refractivity contribution in [1.29, 1.82) is 0 Å². The summed E-state index contributed by atoms with van der Waals surface area (Å²) in [6, 6.07) is 8.27. The number of nitrogens with zero attached hydrogens (tertiary/aromatic N) is 2. The predicted molar refractivity (Wildman–Crippen MR) is 108 cm³/mol. The van der Waals surface area contributed by atoms with Crippen LogP contribution >= 0.6 is 15.9 Å². The van der Waals surface area contributed by atoms with E-state index in [1.54, 1.807) is 0 Å². The van der Waals surface area contributed by atoms with Gasteiger partial charge in [-0.05, 0) is 45.8 Å². The number of H-pyrrole nitrogens is 1. The molecule has 2 N–H and O–H groups in total. The van der Waals surface area contributed by atoms with Crippen molar-refractivity contribution in [1.82, 2.24) is 20.4 Å². The number of aromatic amines is 1. The number of benzene rings is 1. The van der Waals surface area contributed by atoms with Gasteiger partial charge in [-0.3, -0.25) is 14.7 Å². The van der Waals surface area contributed by atoms with Gasteiger partial charge in [-0.15, -0.1) is 0 Å². The largest absolute Gasteiger partial charge is 0.351 e. The van der Waals surface area contributed by atoms with Crippen LogP contribution in [-0.4, -0.2) is 40.0 Å². The molecule has 1 aliphatic heterocycles. The van der Waals surface area contributed by atoms with Crippen LogP contribution in [0.15, 0.2) is 28.7 Å². The Kier molecular flexibility index (Phi) is 6.31. The van der Waals surface area contributed by atoms with E-state index in [9.17, 15) is 9.59 Å². The molecule has 3 rings (SSSR count). The van der Waals surface area contributed by atoms with Gasteiger partial charge >= 0.3 is 0 Å². The van der Waals surface area contributed by atoms with E-state index in [0.717, 1.165) is 18.7 Å². The van der Waals surface area contributed by atoms with Gasteiger partial charge in [0.05, 0.1) is 10.2 Å². The molecule has 0 unspecified atom stereocenters. The van der Waals surface area contributed by atoms with Crippen molar-refractivity contribution < 1.29 is 9.59 Å². The van der Waals surface area contributed by atoms with Crippen molar-refractivity contribution in [3.8, 4) is 0 Å². The minimum atomic E-state index is -0.232. The van der Waals surface area contributed by atoms with Crippen LogP contribution in [-0.2, 0) is 17.8 Å². The summed E-state index contributed by atoms with van der Waals surface area (Å²) in [5, 5.41) is 9.83. The van der Waals surface area contributed by atoms with Gasteiger partial charge in [-0.25, -0.2) is 0 Å². The van der Waals surface area contributed by atoms with Crippen LogP contribution in [0.4, 0.5) is 0 Å². The summed E-state index contributed by atoms with van der Waals surface area (Å²) in [6.45, 7) is 5.96. The van der Waals surface area contributed by atoms with E-state index >= 15 is 0 Å². The predicted octanol–water partition coefficient (Wildman–Crippen LogP) is 3.39. The lowest BCUT2D eigenvalue weighted by atomic mass is 9.99. The lowest BCUT2D eigenvalue weighted by molar-refractivity contribution is -0.132. The average Bonchev–Trinajstić information content (AvgIpc) is 3.06. The highest BCUT2D eigenvalue weighted by Crippen LogP contribution is 2.25. The summed E-state index contributed by atoms with van der Waals surface area (Å²) in [5.74, 6) is 0.159. The van der Waals surface area contributed by atoms with E-state index < -0.39 is 0 Å². The Balaban J connectivity index is 1.44. The van der Waals surface area contributed by atoms with Crippen LogP contribution in [0.25, 0.3) is 0 Å². The fraction of sp³-hybridized carbons (Fsp3) is 0.450. The maximum Gasteiger partial charge on any atom is 0.272 e. The first kappa shape index (κ1) is 19.6. The van der Waals surface area contributed by atoms with Gasteiger partial charge in [0.15, 0.2) is 5.69 Å². The number of nitrogens with one attached hydrogen (secondary N) is 2. The maximum atomic E-state index is 12.4. The molecule has 0 bridgehead atoms. The lowest BCUT2D eigenvalue weighted by Gasteiger charge is -2.29. The first-order valence-electron chi connectivity index (χ1n) is 9.34. The number of aromatic nitrogens is 2. The summed E-state index contributed by atoms with van der Waals surface area (Å²) < 4.78 is 0.707. The number of hydrogen-bond donors (Lipinski definition) is 2. The molecule has 1 aliphatic rings. The van der Waals surface area contributed by atoms with E-state index in [0.29, 0.717) is 36.1 Å². The summed E-state index contributed by atoms with van der Waals surface area (Å²) >= 11 is 3.43. The SMILES string of the molecule is CC(C)c1[nH]nc(C(=O)NCCCC(=O)N2CCc3ccccc3C2)c1Br. The molecule has 0 saturated carbocycles. The molecule has 2 aromatic rings. The van der Waals surface area contributed by atoms with Crippen LogP contribution < -0.4 is 5.32 Å². The van der Waals surface area contributed by atoms with E-state index in [2.05, 4.69) is 43.6 Å². The molecule has 27 heavy (non-hydrogen) atoms. The minimum Gasteiger partial charge on any atom is -0.351 e. The van der Waals surface area contributed by atoms with Crippen molar-refractivity contribution in [3.05, 3.63) is 51.3 Å². The molecule has 7 heteroatoms. The third kappa shape index (κ3) is 4.58. The number of hydrogen-bond acceptors (Lipinski definition) is 3. The maximum absolute atomic E-state index is 12.4. The van der Waals surface area contributed by atoms with Crippen LogP contribution in [0.3, 0.4) is 0 Å². The van der Waals surface area contributed by atoms with Crippen molar-refractivity contribution in [2.45, 2.75) is 45.6 Å². The van der Waals surface area contributed by atoms with Crippen molar-refractivity contribution >= 4 is 27.7 Å². The van der Waals surface area contributed by atoms with Gasteiger partial charge in [-0.1, -0.05) is 38.1 Å². The molecular weight excluding hydrogens is 408 g/mol. The number of carbonyl (C=O) groups is 2. The summed E-state index contributed by atoms with van der Waals surface area (Å²) in [4.78, 5) is 26.6. The van der Waals surface area contributed by atoms with Crippen LogP contribution in [0, 0.1) is 0 Å². The third-order valence-electron chi connectivity index (χ3n) is 4.86. The number of carbonyl (C=O) groups excluding carboxylic acids is 2. The monoisotopic (exact) mass is 432 g/mol. The molecule has 0 spiro atoms. The molecule has 0 radical (unpaired) electrons. The molecule has 0 saturated heterocycles. The number of amides is 2. The van der Waals surface area contributed by atoms with E-state index in [1.807, 2.05) is 30.9 Å². The standard InChI is InChI=1S/C20H25BrN4O2/c1-13(2)18-17(21)19(24-23-18)20(27)22-10-5-8-16(26)25-11-9-14-6-3-4-7-15(14)12-25/h3-4,6-7,13H,5,8-12H2,1-2H3,(H,22,27)(H,23,24). The zero-order valence-corrected chi connectivity index (χ0v) is 17.3. The fourth-order valence-corrected chi connectivity index (χ4v) is 4.08. The Morgan fingerprint density at radius 1 is 1.30 bits per heavy atom. The second kappa shape index (κ2) is 8.69. The molecule has 0 fully saturated rings. The quantitative estimate of drug-likeness (QED) is 0.686. The van der Waals surface area contributed by atoms with Gasteiger partial charge in [0.2, 0.25) is 5.91 Å². The van der Waals surface area contributed by atoms with Gasteiger partial charge in [0.25, 0.3) is 5.91 Å². The molecule has 144 valence electrons. The summed E-state index contributed by atoms with van der Waals surface area (Å²) in [5.41, 5.74) is 3.83. The Morgan fingerprint density at radius 2 is 2.04 bits per heavy atom. The summed E-state index contributed by atoms with van der Waals surface area (Å²) in [7, 11) is 0. The molecule has 2 heterocycles. The molecule has 1 aromatic carbocycles. The normalized spacial score (nSPS) is 13.6. The molecular formula is C20H25BrN4O2. The second-order valence-electron chi connectivity index (χ2n) is 7.15. The molecule has 0 aliphatic carbocycles. The third-order valence-corrected chi connectivity index (χ3v) is 5.66. The fourth-order valence-electron chi connectivity index (χ4n) is 3.27. The van der Waals surface area contributed by atoms with Gasteiger partial charge < -0.3 is 10.2 Å². The zero-order chi connectivity index (χ0) is 19.4. The van der Waals surface area contributed by atoms with E-state index in [-0.39, 0.29) is 17.7 Å². The highest BCUT2D eigenvalue weighted by molar-refractivity contribution is 9.10. The first-order chi connectivity index (χ1) is 13.0. The van der Waals surface area contributed by atoms with Gasteiger partial charge in [0, 0.05) is 26.1 Å². The summed E-state index contributed by atoms with van der Waals surface area (Å²) in [6.07, 6.45) is 1.95. The van der Waals surface area contributed by atoms with Crippen LogP contribution in [0.2, 0.25) is 0 Å². The Labute approximate surface area is 167 Å². The number of fused-ring (bicyclic) bond motifs is 1. The first-order valence-corrected chi connectivity index (χ1v) is 10.1. The van der Waals surface area contributed by atoms with Gasteiger partial charge in [0.1, 0.15) is 0 Å².